The first-order valence-electron chi connectivity index (χ1n) is 9.33. The predicted octanol–water partition coefficient (Wildman–Crippen LogP) is 5.34. The van der Waals surface area contributed by atoms with Crippen molar-refractivity contribution in [3.8, 4) is 0 Å². The van der Waals surface area contributed by atoms with E-state index in [0.29, 0.717) is 42.6 Å². The first kappa shape index (κ1) is 23.4. The molecule has 4 atom stereocenters. The number of hydrogen-bond acceptors (Lipinski definition) is 3. The van der Waals surface area contributed by atoms with Crippen molar-refractivity contribution in [3.63, 3.8) is 0 Å². The van der Waals surface area contributed by atoms with Crippen molar-refractivity contribution in [2.75, 3.05) is 7.05 Å². The van der Waals surface area contributed by atoms with Gasteiger partial charge >= 0.3 is 33.2 Å². The van der Waals surface area contributed by atoms with E-state index in [1.165, 1.54) is 18.6 Å². The number of carbonyl (C=O) groups excluding carboxylic acids is 1. The molecular formula is C19H34Cl2CoN2O. The van der Waals surface area contributed by atoms with E-state index >= 15 is 0 Å². The number of halogens is 2. The van der Waals surface area contributed by atoms with Crippen LogP contribution in [0.2, 0.25) is 0 Å². The maximum atomic E-state index is 11.8. The number of hydrogen-bond donors (Lipinski definition) is 0. The minimum absolute atomic E-state index is 0.0881. The van der Waals surface area contributed by atoms with Gasteiger partial charge in [-0.25, -0.2) is 0 Å². The second-order valence-corrected chi connectivity index (χ2v) is 9.80. The molecule has 1 aliphatic heterocycles. The number of likely N-dealkylation sites (N-methyl/N-ethyl adjacent to an activating group) is 1. The van der Waals surface area contributed by atoms with Crippen LogP contribution in [0.1, 0.15) is 66.7 Å². The molecule has 2 aliphatic rings. The molecule has 0 bridgehead atoms. The summed E-state index contributed by atoms with van der Waals surface area (Å²) < 4.78 is 0. The summed E-state index contributed by atoms with van der Waals surface area (Å²) in [5.74, 6) is 2.47. The number of aliphatic imine (C=N–C) groups is 1. The molecule has 149 valence electrons. The van der Waals surface area contributed by atoms with E-state index in [2.05, 4.69) is 39.6 Å². The number of ketones is 1. The summed E-state index contributed by atoms with van der Waals surface area (Å²) in [5.41, 5.74) is 1.24. The van der Waals surface area contributed by atoms with E-state index in [0.717, 1.165) is 25.2 Å². The van der Waals surface area contributed by atoms with Gasteiger partial charge in [-0.15, -0.1) is 0 Å². The SMILES string of the molecule is CC(=O)C1CCCC(C(C)=NC2C(C)CC(C)CC2C)N1C.[Cl][Co][Cl]. The van der Waals surface area contributed by atoms with Crippen molar-refractivity contribution >= 4 is 31.8 Å². The zero-order valence-electron chi connectivity index (χ0n) is 16.4. The van der Waals surface area contributed by atoms with Gasteiger partial charge in [0, 0.05) is 11.8 Å². The first-order valence-corrected chi connectivity index (χ1v) is 12.2. The maximum absolute atomic E-state index is 11.8. The van der Waals surface area contributed by atoms with Crippen molar-refractivity contribution in [2.45, 2.75) is 84.8 Å². The van der Waals surface area contributed by atoms with Gasteiger partial charge in [-0.1, -0.05) is 20.8 Å². The standard InChI is InChI=1S/C19H34N2O.2ClH.Co/c1-12-10-13(2)19(14(3)11-12)20-15(4)17-8-7-9-18(16(5)22)21(17)6;;;/h12-14,17-19H,7-11H2,1-6H3;2*1H;/q;;;+2/p-2. The predicted molar refractivity (Wildman–Crippen MR) is 105 cm³/mol. The number of rotatable bonds is 3. The van der Waals surface area contributed by atoms with Crippen LogP contribution in [-0.2, 0) is 17.7 Å². The van der Waals surface area contributed by atoms with Gasteiger partial charge in [0.05, 0.1) is 12.1 Å². The van der Waals surface area contributed by atoms with Gasteiger partial charge in [0.2, 0.25) is 0 Å². The Morgan fingerprint density at radius 3 is 2.00 bits per heavy atom. The fraction of sp³-hybridized carbons (Fsp3) is 0.895. The van der Waals surface area contributed by atoms with Crippen LogP contribution in [0, 0.1) is 17.8 Å². The molecular weight excluding hydrogens is 402 g/mol. The molecule has 1 saturated heterocycles. The van der Waals surface area contributed by atoms with E-state index in [4.69, 9.17) is 25.3 Å². The quantitative estimate of drug-likeness (QED) is 0.560. The number of Topliss-reactive ketones (excluding diaryl/α,β-unsaturated/α-hetero) is 1. The van der Waals surface area contributed by atoms with E-state index in [-0.39, 0.29) is 6.04 Å². The summed E-state index contributed by atoms with van der Waals surface area (Å²) in [7, 11) is 11.6. The molecule has 4 unspecified atom stereocenters. The molecule has 0 spiro atoms. The van der Waals surface area contributed by atoms with Crippen molar-refractivity contribution in [3.05, 3.63) is 0 Å². The molecule has 1 aliphatic carbocycles. The van der Waals surface area contributed by atoms with Gasteiger partial charge in [0.15, 0.2) is 0 Å². The molecule has 2 fully saturated rings. The van der Waals surface area contributed by atoms with Gasteiger partial charge in [0.1, 0.15) is 5.78 Å². The van der Waals surface area contributed by atoms with Gasteiger partial charge in [0.25, 0.3) is 0 Å². The van der Waals surface area contributed by atoms with Crippen molar-refractivity contribution in [2.24, 2.45) is 22.7 Å². The van der Waals surface area contributed by atoms with Crippen LogP contribution in [0.3, 0.4) is 0 Å². The summed E-state index contributed by atoms with van der Waals surface area (Å²) in [6.45, 7) is 11.0. The molecule has 0 aromatic carbocycles. The molecule has 0 amide bonds. The number of carbonyl (C=O) groups is 1. The number of likely N-dealkylation sites (tertiary alicyclic amines) is 1. The van der Waals surface area contributed by atoms with E-state index < -0.39 is 0 Å². The molecule has 0 radical (unpaired) electrons. The van der Waals surface area contributed by atoms with Crippen LogP contribution >= 0.6 is 20.3 Å². The molecule has 0 aromatic heterocycles. The van der Waals surface area contributed by atoms with E-state index in [1.807, 2.05) is 0 Å². The summed E-state index contributed by atoms with van der Waals surface area (Å²) in [6, 6.07) is 0.897. The molecule has 1 heterocycles. The fourth-order valence-electron chi connectivity index (χ4n) is 4.90. The Balaban J connectivity index is 0.000000970. The second kappa shape index (κ2) is 11.3. The van der Waals surface area contributed by atoms with Crippen molar-refractivity contribution < 1.29 is 17.7 Å². The second-order valence-electron chi connectivity index (χ2n) is 8.08. The topological polar surface area (TPSA) is 32.7 Å². The van der Waals surface area contributed by atoms with Crippen LogP contribution in [0.15, 0.2) is 4.99 Å². The zero-order valence-corrected chi connectivity index (χ0v) is 18.9. The number of nitrogens with zero attached hydrogens (tertiary/aromatic N) is 2. The average molecular weight is 436 g/mol. The Bertz CT molecular complexity index is 449. The summed E-state index contributed by atoms with van der Waals surface area (Å²) >= 11 is 0.382. The third kappa shape index (κ3) is 6.80. The Labute approximate surface area is 168 Å². The van der Waals surface area contributed by atoms with Crippen molar-refractivity contribution in [1.29, 1.82) is 0 Å². The molecule has 1 saturated carbocycles. The zero-order chi connectivity index (χ0) is 19.1. The third-order valence-corrected chi connectivity index (χ3v) is 5.96. The van der Waals surface area contributed by atoms with Gasteiger partial charge < -0.3 is 0 Å². The fourth-order valence-corrected chi connectivity index (χ4v) is 4.90. The van der Waals surface area contributed by atoms with Crippen LogP contribution in [-0.4, -0.2) is 41.6 Å². The first-order chi connectivity index (χ1) is 11.7. The van der Waals surface area contributed by atoms with Crippen LogP contribution in [0.5, 0.6) is 0 Å². The number of piperidine rings is 1. The molecule has 0 aromatic rings. The average Bonchev–Trinajstić information content (AvgIpc) is 2.51. The van der Waals surface area contributed by atoms with Crippen LogP contribution in [0.25, 0.3) is 0 Å². The molecule has 0 N–H and O–H groups in total. The van der Waals surface area contributed by atoms with Crippen molar-refractivity contribution in [1.82, 2.24) is 4.90 Å². The summed E-state index contributed by atoms with van der Waals surface area (Å²) in [6.07, 6.45) is 5.87. The van der Waals surface area contributed by atoms with Gasteiger partial charge in [-0.3, -0.25) is 14.7 Å². The normalized spacial score (nSPS) is 37.4. The van der Waals surface area contributed by atoms with Gasteiger partial charge in [-0.2, -0.15) is 0 Å². The van der Waals surface area contributed by atoms with E-state index in [9.17, 15) is 4.79 Å². The Hall–Kier alpha value is 0.386. The van der Waals surface area contributed by atoms with Gasteiger partial charge in [-0.05, 0) is 70.8 Å². The Morgan fingerprint density at radius 2 is 1.52 bits per heavy atom. The molecule has 3 nitrogen and oxygen atoms in total. The third-order valence-electron chi connectivity index (χ3n) is 5.96. The monoisotopic (exact) mass is 435 g/mol. The Kier molecular flexibility index (Phi) is 10.6. The van der Waals surface area contributed by atoms with Crippen LogP contribution in [0.4, 0.5) is 0 Å². The summed E-state index contributed by atoms with van der Waals surface area (Å²) in [5, 5.41) is 0. The summed E-state index contributed by atoms with van der Waals surface area (Å²) in [4.78, 5) is 19.3. The molecule has 6 heteroatoms. The van der Waals surface area contributed by atoms with E-state index in [1.54, 1.807) is 6.92 Å². The minimum atomic E-state index is 0.0881. The Morgan fingerprint density at radius 1 is 1.04 bits per heavy atom. The molecule has 2 rings (SSSR count). The molecule has 25 heavy (non-hydrogen) atoms. The van der Waals surface area contributed by atoms with Crippen LogP contribution < -0.4 is 0 Å².